The van der Waals surface area contributed by atoms with Gasteiger partial charge in [-0.25, -0.2) is 0 Å². The minimum atomic E-state index is -0.706. The summed E-state index contributed by atoms with van der Waals surface area (Å²) in [7, 11) is 0. The number of allylic oxidation sites excluding steroid dienone is 4. The Morgan fingerprint density at radius 2 is 1.61 bits per heavy atom. The lowest BCUT2D eigenvalue weighted by atomic mass is 10.1. The zero-order valence-corrected chi connectivity index (χ0v) is 14.6. The fourth-order valence-corrected chi connectivity index (χ4v) is 2.20. The first-order chi connectivity index (χ1) is 11.2. The van der Waals surface area contributed by atoms with Crippen LogP contribution in [-0.4, -0.2) is 22.3 Å². The number of carboxylic acids is 1. The summed E-state index contributed by atoms with van der Waals surface area (Å²) in [6.45, 7) is 2.20. The van der Waals surface area contributed by atoms with E-state index < -0.39 is 12.1 Å². The van der Waals surface area contributed by atoms with Crippen molar-refractivity contribution in [2.24, 2.45) is 0 Å². The van der Waals surface area contributed by atoms with Crippen molar-refractivity contribution < 1.29 is 15.0 Å². The summed E-state index contributed by atoms with van der Waals surface area (Å²) in [6, 6.07) is 0. The number of carboxylic acid groups (broad SMARTS) is 1. The van der Waals surface area contributed by atoms with Gasteiger partial charge in [-0.1, -0.05) is 69.1 Å². The van der Waals surface area contributed by atoms with Crippen molar-refractivity contribution in [2.45, 2.75) is 83.7 Å². The molecule has 0 saturated carbocycles. The number of aliphatic hydroxyl groups excluding tert-OH is 1. The van der Waals surface area contributed by atoms with Gasteiger partial charge in [0, 0.05) is 6.42 Å². The molecule has 3 heteroatoms. The molecule has 0 aromatic heterocycles. The topological polar surface area (TPSA) is 57.5 Å². The number of aliphatic carboxylic acids is 1. The largest absolute Gasteiger partial charge is 0.481 e. The predicted molar refractivity (Wildman–Crippen MR) is 97.5 cm³/mol. The Bertz CT molecular complexity index is 356. The van der Waals surface area contributed by atoms with E-state index in [1.54, 1.807) is 0 Å². The molecule has 0 fully saturated rings. The number of aliphatic hydroxyl groups is 1. The van der Waals surface area contributed by atoms with E-state index in [9.17, 15) is 9.90 Å². The third kappa shape index (κ3) is 18.6. The van der Waals surface area contributed by atoms with Gasteiger partial charge in [-0.15, -0.1) is 0 Å². The molecule has 1 atom stereocenters. The maximum absolute atomic E-state index is 10.3. The lowest BCUT2D eigenvalue weighted by molar-refractivity contribution is -0.137. The van der Waals surface area contributed by atoms with E-state index in [2.05, 4.69) is 19.1 Å². The fourth-order valence-electron chi connectivity index (χ4n) is 2.20. The first kappa shape index (κ1) is 21.6. The van der Waals surface area contributed by atoms with Crippen LogP contribution in [0.3, 0.4) is 0 Å². The first-order valence-corrected chi connectivity index (χ1v) is 9.05. The van der Waals surface area contributed by atoms with Crippen LogP contribution in [0, 0.1) is 0 Å². The molecule has 1 unspecified atom stereocenters. The van der Waals surface area contributed by atoms with Crippen molar-refractivity contribution in [3.8, 4) is 0 Å². The van der Waals surface area contributed by atoms with Crippen molar-refractivity contribution in [3.05, 3.63) is 36.5 Å². The van der Waals surface area contributed by atoms with Crippen LogP contribution in [0.15, 0.2) is 36.5 Å². The van der Waals surface area contributed by atoms with Crippen LogP contribution in [0.5, 0.6) is 0 Å². The van der Waals surface area contributed by atoms with Crippen molar-refractivity contribution >= 4 is 5.97 Å². The van der Waals surface area contributed by atoms with Crippen molar-refractivity contribution in [1.82, 2.24) is 0 Å². The number of unbranched alkanes of at least 4 members (excludes halogenated alkanes) is 7. The third-order valence-corrected chi connectivity index (χ3v) is 3.61. The highest BCUT2D eigenvalue weighted by Gasteiger charge is 1.96. The molecule has 0 aliphatic heterocycles. The lowest BCUT2D eigenvalue weighted by Crippen LogP contribution is -1.98. The standard InChI is InChI=1S/C20H34O3/c1-2-3-4-5-7-10-13-16-19(21)17-14-11-8-6-9-12-15-18-20(22)23/h7,10-11,13-14,16,19,21H,2-6,8-9,12,15,17-18H2,1H3,(H,22,23)/b10-7+,14-11+,16-13+. The Balaban J connectivity index is 3.49. The minimum absolute atomic E-state index is 0.279. The molecule has 132 valence electrons. The second kappa shape index (κ2) is 17.0. The van der Waals surface area contributed by atoms with Gasteiger partial charge in [-0.05, 0) is 38.5 Å². The molecule has 0 aromatic carbocycles. The summed E-state index contributed by atoms with van der Waals surface area (Å²) in [4.78, 5) is 10.3. The molecule has 0 saturated heterocycles. The average Bonchev–Trinajstić information content (AvgIpc) is 2.52. The van der Waals surface area contributed by atoms with Gasteiger partial charge in [0.25, 0.3) is 0 Å². The molecule has 0 heterocycles. The molecule has 0 aromatic rings. The van der Waals surface area contributed by atoms with Crippen LogP contribution in [0.2, 0.25) is 0 Å². The van der Waals surface area contributed by atoms with Crippen LogP contribution in [0.1, 0.15) is 77.6 Å². The van der Waals surface area contributed by atoms with Gasteiger partial charge in [0.2, 0.25) is 0 Å². The second-order valence-corrected chi connectivity index (χ2v) is 5.93. The molecular formula is C20H34O3. The molecule has 0 bridgehead atoms. The molecule has 0 amide bonds. The summed E-state index contributed by atoms with van der Waals surface area (Å²) in [6.07, 6.45) is 22.4. The number of carbonyl (C=O) groups is 1. The predicted octanol–water partition coefficient (Wildman–Crippen LogP) is 5.41. The zero-order valence-electron chi connectivity index (χ0n) is 14.6. The monoisotopic (exact) mass is 322 g/mol. The fraction of sp³-hybridized carbons (Fsp3) is 0.650. The maximum Gasteiger partial charge on any atom is 0.303 e. The van der Waals surface area contributed by atoms with Crippen LogP contribution in [-0.2, 0) is 4.79 Å². The highest BCUT2D eigenvalue weighted by atomic mass is 16.4. The number of hydrogen-bond acceptors (Lipinski definition) is 2. The van der Waals surface area contributed by atoms with Crippen LogP contribution >= 0.6 is 0 Å². The van der Waals surface area contributed by atoms with Gasteiger partial charge < -0.3 is 10.2 Å². The van der Waals surface area contributed by atoms with Gasteiger partial charge in [-0.3, -0.25) is 4.79 Å². The Morgan fingerprint density at radius 1 is 0.913 bits per heavy atom. The van der Waals surface area contributed by atoms with E-state index in [1.165, 1.54) is 19.3 Å². The number of hydrogen-bond donors (Lipinski definition) is 2. The quantitative estimate of drug-likeness (QED) is 0.241. The molecule has 0 aliphatic rings. The van der Waals surface area contributed by atoms with Gasteiger partial charge in [0.15, 0.2) is 0 Å². The zero-order chi connectivity index (χ0) is 17.2. The van der Waals surface area contributed by atoms with Gasteiger partial charge in [0.05, 0.1) is 6.10 Å². The molecule has 3 nitrogen and oxygen atoms in total. The van der Waals surface area contributed by atoms with Crippen LogP contribution in [0.4, 0.5) is 0 Å². The van der Waals surface area contributed by atoms with Crippen molar-refractivity contribution in [2.75, 3.05) is 0 Å². The average molecular weight is 322 g/mol. The summed E-state index contributed by atoms with van der Waals surface area (Å²) >= 11 is 0. The van der Waals surface area contributed by atoms with Crippen molar-refractivity contribution in [3.63, 3.8) is 0 Å². The Hall–Kier alpha value is -1.35. The molecule has 0 spiro atoms. The first-order valence-electron chi connectivity index (χ1n) is 9.05. The summed E-state index contributed by atoms with van der Waals surface area (Å²) in [5.74, 6) is -0.706. The lowest BCUT2D eigenvalue weighted by Gasteiger charge is -2.00. The van der Waals surface area contributed by atoms with Crippen molar-refractivity contribution in [1.29, 1.82) is 0 Å². The Kier molecular flexibility index (Phi) is 16.0. The molecular weight excluding hydrogens is 288 g/mol. The van der Waals surface area contributed by atoms with Gasteiger partial charge in [-0.2, -0.15) is 0 Å². The van der Waals surface area contributed by atoms with Crippen LogP contribution in [0.25, 0.3) is 0 Å². The number of rotatable bonds is 15. The van der Waals surface area contributed by atoms with E-state index in [1.807, 2.05) is 24.3 Å². The van der Waals surface area contributed by atoms with Gasteiger partial charge >= 0.3 is 5.97 Å². The smallest absolute Gasteiger partial charge is 0.303 e. The van der Waals surface area contributed by atoms with Gasteiger partial charge in [0.1, 0.15) is 0 Å². The molecule has 0 aliphatic carbocycles. The van der Waals surface area contributed by atoms with E-state index in [4.69, 9.17) is 5.11 Å². The molecule has 2 N–H and O–H groups in total. The minimum Gasteiger partial charge on any atom is -0.481 e. The summed E-state index contributed by atoms with van der Waals surface area (Å²) in [5, 5.41) is 18.3. The highest BCUT2D eigenvalue weighted by Crippen LogP contribution is 2.06. The SMILES string of the molecule is CCCCC/C=C/C=C/C(O)C/C=C/CCCCCCC(=O)O. The Labute approximate surface area is 141 Å². The van der Waals surface area contributed by atoms with E-state index in [-0.39, 0.29) is 6.42 Å². The highest BCUT2D eigenvalue weighted by molar-refractivity contribution is 5.66. The Morgan fingerprint density at radius 3 is 2.35 bits per heavy atom. The maximum atomic E-state index is 10.3. The summed E-state index contributed by atoms with van der Waals surface area (Å²) < 4.78 is 0. The molecule has 0 radical (unpaired) electrons. The van der Waals surface area contributed by atoms with E-state index >= 15 is 0 Å². The van der Waals surface area contributed by atoms with Crippen LogP contribution < -0.4 is 0 Å². The molecule has 0 rings (SSSR count). The van der Waals surface area contributed by atoms with E-state index in [0.717, 1.165) is 38.5 Å². The summed E-state index contributed by atoms with van der Waals surface area (Å²) in [5.41, 5.74) is 0. The second-order valence-electron chi connectivity index (χ2n) is 5.93. The molecule has 23 heavy (non-hydrogen) atoms. The normalized spacial score (nSPS) is 13.5. The van der Waals surface area contributed by atoms with E-state index in [0.29, 0.717) is 6.42 Å². The third-order valence-electron chi connectivity index (χ3n) is 3.61.